The van der Waals surface area contributed by atoms with Crippen LogP contribution in [0.15, 0.2) is 72.8 Å². The molecule has 0 N–H and O–H groups in total. The van der Waals surface area contributed by atoms with Gasteiger partial charge in [-0.2, -0.15) is 0 Å². The molecule has 0 aliphatic rings. The summed E-state index contributed by atoms with van der Waals surface area (Å²) in [6.07, 6.45) is 0. The van der Waals surface area contributed by atoms with E-state index in [0.717, 1.165) is 17.2 Å². The monoisotopic (exact) mass is 289 g/mol. The van der Waals surface area contributed by atoms with Crippen LogP contribution in [0.4, 0.5) is 0 Å². The molecule has 3 aromatic rings. The molecule has 3 rings (SSSR count). The van der Waals surface area contributed by atoms with Gasteiger partial charge in [-0.05, 0) is 20.8 Å². The van der Waals surface area contributed by atoms with Crippen molar-refractivity contribution in [1.82, 2.24) is 0 Å². The van der Waals surface area contributed by atoms with Gasteiger partial charge in [0, 0.05) is 36.4 Å². The first-order valence-electron chi connectivity index (χ1n) is 7.58. The van der Waals surface area contributed by atoms with Gasteiger partial charge in [-0.1, -0.05) is 53.1 Å². The summed E-state index contributed by atoms with van der Waals surface area (Å²) >= 11 is 0. The van der Waals surface area contributed by atoms with Crippen LogP contribution < -0.4 is 4.37 Å². The van der Waals surface area contributed by atoms with E-state index in [4.69, 9.17) is 0 Å². The van der Waals surface area contributed by atoms with E-state index in [1.165, 1.54) is 16.7 Å². The maximum atomic E-state index is 3.29. The SMILES string of the molecule is Cc1ccc([O+](c2ccc(C)cc2)c2ccc(C)cc2)cc1. The summed E-state index contributed by atoms with van der Waals surface area (Å²) in [4.78, 5) is 0. The van der Waals surface area contributed by atoms with Crippen LogP contribution in [0.3, 0.4) is 0 Å². The van der Waals surface area contributed by atoms with E-state index in [1.54, 1.807) is 0 Å². The molecule has 22 heavy (non-hydrogen) atoms. The second-order valence-electron chi connectivity index (χ2n) is 5.75. The summed E-state index contributed by atoms with van der Waals surface area (Å²) in [6, 6.07) is 25.7. The van der Waals surface area contributed by atoms with Gasteiger partial charge >= 0.3 is 0 Å². The Labute approximate surface area is 132 Å². The lowest BCUT2D eigenvalue weighted by atomic mass is 10.2. The molecule has 0 saturated carbocycles. The Hall–Kier alpha value is -2.54. The Kier molecular flexibility index (Phi) is 3.97. The van der Waals surface area contributed by atoms with Crippen molar-refractivity contribution < 1.29 is 4.37 Å². The van der Waals surface area contributed by atoms with E-state index in [-0.39, 0.29) is 0 Å². The zero-order chi connectivity index (χ0) is 15.5. The van der Waals surface area contributed by atoms with Crippen LogP contribution in [0, 0.1) is 20.8 Å². The van der Waals surface area contributed by atoms with Crippen LogP contribution in [0.25, 0.3) is 0 Å². The average Bonchev–Trinajstić information content (AvgIpc) is 2.53. The van der Waals surface area contributed by atoms with Crippen LogP contribution in [0.2, 0.25) is 0 Å². The molecular weight excluding hydrogens is 268 g/mol. The predicted molar refractivity (Wildman–Crippen MR) is 93.1 cm³/mol. The van der Waals surface area contributed by atoms with E-state index in [2.05, 4.69) is 97.9 Å². The van der Waals surface area contributed by atoms with Gasteiger partial charge in [0.1, 0.15) is 0 Å². The number of benzene rings is 3. The fourth-order valence-corrected chi connectivity index (χ4v) is 2.43. The average molecular weight is 289 g/mol. The van der Waals surface area contributed by atoms with Gasteiger partial charge in [-0.25, -0.2) is 0 Å². The minimum absolute atomic E-state index is 1.10. The molecule has 110 valence electrons. The van der Waals surface area contributed by atoms with E-state index < -0.39 is 0 Å². The third-order valence-electron chi connectivity index (χ3n) is 3.77. The van der Waals surface area contributed by atoms with Crippen LogP contribution in [-0.2, 0) is 0 Å². The molecule has 1 heteroatoms. The molecule has 3 aromatic carbocycles. The van der Waals surface area contributed by atoms with E-state index in [1.807, 2.05) is 0 Å². The van der Waals surface area contributed by atoms with Crippen LogP contribution in [0.5, 0.6) is 17.2 Å². The highest BCUT2D eigenvalue weighted by Gasteiger charge is 2.19. The predicted octanol–water partition coefficient (Wildman–Crippen LogP) is 6.35. The minimum atomic E-state index is 1.10. The van der Waals surface area contributed by atoms with Crippen molar-refractivity contribution in [2.24, 2.45) is 0 Å². The van der Waals surface area contributed by atoms with E-state index in [0.29, 0.717) is 0 Å². The van der Waals surface area contributed by atoms with Crippen molar-refractivity contribution >= 4 is 0 Å². The third kappa shape index (κ3) is 3.04. The molecule has 1 nitrogen and oxygen atoms in total. The van der Waals surface area contributed by atoms with Gasteiger partial charge in [-0.15, -0.1) is 0 Å². The molecule has 0 aliphatic carbocycles. The van der Waals surface area contributed by atoms with Gasteiger partial charge in [0.15, 0.2) is 0 Å². The molecule has 0 atom stereocenters. The second-order valence-corrected chi connectivity index (χ2v) is 5.75. The standard InChI is InChI=1S/C21H21O/c1-16-4-10-19(11-5-16)22(20-12-6-17(2)7-13-20)21-14-8-18(3)9-15-21/h4-15H,1-3H3/q+1. The lowest BCUT2D eigenvalue weighted by molar-refractivity contribution is 0.232. The van der Waals surface area contributed by atoms with Crippen LogP contribution in [-0.4, -0.2) is 0 Å². The lowest BCUT2D eigenvalue weighted by Crippen LogP contribution is -2.05. The largest absolute Gasteiger partial charge is 0.499 e. The van der Waals surface area contributed by atoms with Gasteiger partial charge < -0.3 is 4.37 Å². The maximum Gasteiger partial charge on any atom is 0.267 e. The van der Waals surface area contributed by atoms with E-state index >= 15 is 0 Å². The van der Waals surface area contributed by atoms with Crippen molar-refractivity contribution in [2.45, 2.75) is 20.8 Å². The molecule has 0 heterocycles. The molecule has 0 spiro atoms. The molecule has 0 amide bonds. The normalized spacial score (nSPS) is 10.5. The van der Waals surface area contributed by atoms with Crippen LogP contribution in [0.1, 0.15) is 16.7 Å². The fourth-order valence-electron chi connectivity index (χ4n) is 2.43. The van der Waals surface area contributed by atoms with Crippen molar-refractivity contribution in [1.29, 1.82) is 0 Å². The molecule has 0 saturated heterocycles. The van der Waals surface area contributed by atoms with Crippen molar-refractivity contribution in [3.8, 4) is 17.2 Å². The van der Waals surface area contributed by atoms with Crippen molar-refractivity contribution in [3.63, 3.8) is 0 Å². The molecule has 0 aliphatic heterocycles. The first-order valence-corrected chi connectivity index (χ1v) is 7.58. The first kappa shape index (κ1) is 14.4. The molecule has 0 radical (unpaired) electrons. The van der Waals surface area contributed by atoms with Gasteiger partial charge in [-0.3, -0.25) is 0 Å². The topological polar surface area (TPSA) is 2.70 Å². The molecule has 0 aromatic heterocycles. The zero-order valence-corrected chi connectivity index (χ0v) is 13.3. The second kappa shape index (κ2) is 6.07. The summed E-state index contributed by atoms with van der Waals surface area (Å²) in [7, 11) is 0. The summed E-state index contributed by atoms with van der Waals surface area (Å²) in [5, 5.41) is 0. The zero-order valence-electron chi connectivity index (χ0n) is 13.3. The minimum Gasteiger partial charge on any atom is -0.499 e. The Balaban J connectivity index is 2.10. The number of rotatable bonds is 3. The van der Waals surface area contributed by atoms with Gasteiger partial charge in [0.2, 0.25) is 0 Å². The Bertz CT molecular complexity index is 629. The number of aryl methyl sites for hydroxylation is 3. The summed E-state index contributed by atoms with van der Waals surface area (Å²) in [5.74, 6) is 3.29. The fraction of sp³-hybridized carbons (Fsp3) is 0.143. The van der Waals surface area contributed by atoms with Crippen molar-refractivity contribution in [3.05, 3.63) is 89.5 Å². The Morgan fingerprint density at radius 3 is 0.864 bits per heavy atom. The molecule has 0 fully saturated rings. The smallest absolute Gasteiger partial charge is 0.267 e. The third-order valence-corrected chi connectivity index (χ3v) is 3.77. The highest BCUT2D eigenvalue weighted by Crippen LogP contribution is 2.39. The molecular formula is C21H21O+. The lowest BCUT2D eigenvalue weighted by Gasteiger charge is -2.22. The van der Waals surface area contributed by atoms with Gasteiger partial charge in [0.25, 0.3) is 17.2 Å². The highest BCUT2D eigenvalue weighted by atomic mass is 16.7. The Morgan fingerprint density at radius 2 is 0.636 bits per heavy atom. The molecule has 0 bridgehead atoms. The Morgan fingerprint density at radius 1 is 0.409 bits per heavy atom. The summed E-state index contributed by atoms with van der Waals surface area (Å²) in [6.45, 7) is 6.32. The maximum absolute atomic E-state index is 3.29. The first-order chi connectivity index (χ1) is 10.6. The van der Waals surface area contributed by atoms with Crippen molar-refractivity contribution in [2.75, 3.05) is 0 Å². The summed E-state index contributed by atoms with van der Waals surface area (Å²) in [5.41, 5.74) is 3.78. The number of hydrogen-bond donors (Lipinski definition) is 0. The van der Waals surface area contributed by atoms with E-state index in [9.17, 15) is 0 Å². The highest BCUT2D eigenvalue weighted by molar-refractivity contribution is 5.44. The quantitative estimate of drug-likeness (QED) is 0.494. The van der Waals surface area contributed by atoms with Gasteiger partial charge in [0.05, 0.1) is 0 Å². The molecule has 0 unspecified atom stereocenters. The summed E-state index contributed by atoms with van der Waals surface area (Å²) < 4.78 is 3.29. The number of hydrogen-bond acceptors (Lipinski definition) is 0. The van der Waals surface area contributed by atoms with Crippen LogP contribution >= 0.6 is 0 Å².